The number of nitrogen functional groups attached to an aromatic ring is 1. The van der Waals surface area contributed by atoms with Crippen LogP contribution in [0.15, 0.2) is 0 Å². The Kier molecular flexibility index (Phi) is 15.1. The molecule has 190 valence electrons. The lowest BCUT2D eigenvalue weighted by atomic mass is 10.0. The first-order valence-electron chi connectivity index (χ1n) is 13.8. The van der Waals surface area contributed by atoms with Gasteiger partial charge < -0.3 is 16.0 Å². The molecular weight excluding hydrogens is 451 g/mol. The molecule has 0 saturated carbocycles. The maximum Gasteiger partial charge on any atom is 0.152 e. The van der Waals surface area contributed by atoms with Crippen LogP contribution in [0, 0.1) is 0 Å². The van der Waals surface area contributed by atoms with E-state index in [2.05, 4.69) is 17.1 Å². The van der Waals surface area contributed by atoms with Gasteiger partial charge >= 0.3 is 0 Å². The third kappa shape index (κ3) is 10.9. The molecule has 0 amide bonds. The van der Waals surface area contributed by atoms with Crippen molar-refractivity contribution >= 4 is 40.5 Å². The average molecular weight is 500 g/mol. The van der Waals surface area contributed by atoms with Crippen LogP contribution in [0.1, 0.15) is 122 Å². The molecule has 0 spiro atoms. The Bertz CT molecular complexity index is 647. The summed E-state index contributed by atoms with van der Waals surface area (Å²) in [6.07, 6.45) is 24.4. The van der Waals surface area contributed by atoms with Gasteiger partial charge in [0.2, 0.25) is 0 Å². The molecular formula is C27H48Cl2N4. The number of nitrogens with zero attached hydrogens (tertiary/aromatic N) is 2. The summed E-state index contributed by atoms with van der Waals surface area (Å²) in [5, 5.41) is 4.31. The van der Waals surface area contributed by atoms with E-state index in [1.807, 2.05) is 0 Å². The van der Waals surface area contributed by atoms with E-state index in [9.17, 15) is 0 Å². The van der Waals surface area contributed by atoms with Gasteiger partial charge in [-0.2, -0.15) is 0 Å². The highest BCUT2D eigenvalue weighted by molar-refractivity contribution is 6.41. The van der Waals surface area contributed by atoms with Crippen LogP contribution >= 0.6 is 23.2 Å². The minimum absolute atomic E-state index is 0.435. The second-order valence-corrected chi connectivity index (χ2v) is 10.5. The van der Waals surface area contributed by atoms with Gasteiger partial charge in [-0.05, 0) is 19.3 Å². The van der Waals surface area contributed by atoms with Crippen LogP contribution in [0.4, 0.5) is 17.3 Å². The molecule has 0 aromatic carbocycles. The number of hydrogen-bond donors (Lipinski definition) is 2. The molecule has 1 saturated heterocycles. The third-order valence-corrected chi connectivity index (χ3v) is 7.58. The number of nitrogens with two attached hydrogens (primary N) is 1. The van der Waals surface area contributed by atoms with Crippen molar-refractivity contribution < 1.29 is 0 Å². The molecule has 4 nitrogen and oxygen atoms in total. The first-order chi connectivity index (χ1) is 16.1. The molecule has 33 heavy (non-hydrogen) atoms. The van der Waals surface area contributed by atoms with Crippen molar-refractivity contribution in [1.82, 2.24) is 4.98 Å². The number of pyridine rings is 1. The molecule has 6 heteroatoms. The molecule has 0 bridgehead atoms. The van der Waals surface area contributed by atoms with Gasteiger partial charge in [-0.25, -0.2) is 4.98 Å². The summed E-state index contributed by atoms with van der Waals surface area (Å²) in [5.74, 6) is 1.44. The Morgan fingerprint density at radius 2 is 1.18 bits per heavy atom. The van der Waals surface area contributed by atoms with Crippen LogP contribution in [-0.2, 0) is 0 Å². The normalized spacial score (nSPS) is 13.7. The largest absolute Gasteiger partial charge is 0.396 e. The van der Waals surface area contributed by atoms with Crippen molar-refractivity contribution in [2.45, 2.75) is 122 Å². The molecule has 1 aromatic heterocycles. The number of anilines is 3. The smallest absolute Gasteiger partial charge is 0.152 e. The van der Waals surface area contributed by atoms with Gasteiger partial charge in [0.05, 0.1) is 5.69 Å². The first kappa shape index (κ1) is 28.4. The van der Waals surface area contributed by atoms with Crippen LogP contribution in [0.5, 0.6) is 0 Å². The fraction of sp³-hybridized carbons (Fsp3) is 0.815. The SMILES string of the molecule is CCCCCCCCCCCCCCCCCCNc1nc(N2CCCC2)c(Cl)c(N)c1Cl. The van der Waals surface area contributed by atoms with E-state index >= 15 is 0 Å². The van der Waals surface area contributed by atoms with Crippen molar-refractivity contribution in [3.05, 3.63) is 10.0 Å². The minimum Gasteiger partial charge on any atom is -0.396 e. The van der Waals surface area contributed by atoms with Crippen molar-refractivity contribution in [3.63, 3.8) is 0 Å². The zero-order chi connectivity index (χ0) is 23.7. The summed E-state index contributed by atoms with van der Waals surface area (Å²) in [6.45, 7) is 5.11. The Morgan fingerprint density at radius 3 is 1.67 bits per heavy atom. The Morgan fingerprint density at radius 1 is 0.727 bits per heavy atom. The fourth-order valence-electron chi connectivity index (χ4n) is 4.68. The summed E-state index contributed by atoms with van der Waals surface area (Å²) in [5.41, 5.74) is 6.58. The van der Waals surface area contributed by atoms with E-state index in [-0.39, 0.29) is 0 Å². The number of rotatable bonds is 19. The maximum absolute atomic E-state index is 6.42. The predicted molar refractivity (Wildman–Crippen MR) is 148 cm³/mol. The predicted octanol–water partition coefficient (Wildman–Crippen LogP) is 9.24. The minimum atomic E-state index is 0.435. The highest BCUT2D eigenvalue weighted by Gasteiger charge is 2.22. The molecule has 2 rings (SSSR count). The summed E-state index contributed by atoms with van der Waals surface area (Å²) < 4.78 is 0. The monoisotopic (exact) mass is 498 g/mol. The summed E-state index contributed by atoms with van der Waals surface area (Å²) >= 11 is 12.8. The van der Waals surface area contributed by atoms with Crippen molar-refractivity contribution in [1.29, 1.82) is 0 Å². The number of hydrogen-bond acceptors (Lipinski definition) is 4. The topological polar surface area (TPSA) is 54.2 Å². The summed E-state index contributed by atoms with van der Waals surface area (Å²) in [4.78, 5) is 6.90. The van der Waals surface area contributed by atoms with Gasteiger partial charge in [0.1, 0.15) is 15.9 Å². The van der Waals surface area contributed by atoms with Crippen LogP contribution in [0.25, 0.3) is 0 Å². The lowest BCUT2D eigenvalue weighted by Gasteiger charge is -2.21. The van der Waals surface area contributed by atoms with E-state index in [4.69, 9.17) is 33.9 Å². The van der Waals surface area contributed by atoms with E-state index < -0.39 is 0 Å². The van der Waals surface area contributed by atoms with Gasteiger partial charge in [0.15, 0.2) is 5.82 Å². The standard InChI is InChI=1S/C27H48Cl2N4/c1-2-3-4-5-6-7-8-9-10-11-12-13-14-15-16-17-20-31-26-23(28)25(30)24(29)27(32-26)33-21-18-19-22-33/h2-22H2,1H3,(H3,30,31,32). The molecule has 2 heterocycles. The van der Waals surface area contributed by atoms with Gasteiger partial charge in [-0.3, -0.25) is 0 Å². The van der Waals surface area contributed by atoms with Crippen LogP contribution in [0.2, 0.25) is 10.0 Å². The van der Waals surface area contributed by atoms with Gasteiger partial charge in [0, 0.05) is 19.6 Å². The number of aromatic nitrogens is 1. The lowest BCUT2D eigenvalue weighted by molar-refractivity contribution is 0.530. The zero-order valence-electron chi connectivity index (χ0n) is 21.1. The average Bonchev–Trinajstić information content (AvgIpc) is 3.35. The van der Waals surface area contributed by atoms with Crippen molar-refractivity contribution in [3.8, 4) is 0 Å². The molecule has 0 atom stereocenters. The molecule has 1 aliphatic heterocycles. The summed E-state index contributed by atoms with van der Waals surface area (Å²) in [7, 11) is 0. The van der Waals surface area contributed by atoms with Crippen LogP contribution in [-0.4, -0.2) is 24.6 Å². The first-order valence-corrected chi connectivity index (χ1v) is 14.5. The van der Waals surface area contributed by atoms with E-state index in [0.29, 0.717) is 21.6 Å². The summed E-state index contributed by atoms with van der Waals surface area (Å²) in [6, 6.07) is 0. The van der Waals surface area contributed by atoms with Crippen LogP contribution in [0.3, 0.4) is 0 Å². The van der Waals surface area contributed by atoms with E-state index in [0.717, 1.165) is 31.9 Å². The molecule has 3 N–H and O–H groups in total. The van der Waals surface area contributed by atoms with E-state index in [1.165, 1.54) is 109 Å². The molecule has 0 radical (unpaired) electrons. The molecule has 0 aliphatic carbocycles. The molecule has 1 aromatic rings. The maximum atomic E-state index is 6.42. The van der Waals surface area contributed by atoms with Gasteiger partial charge in [-0.1, -0.05) is 126 Å². The molecule has 1 aliphatic rings. The fourth-order valence-corrected chi connectivity index (χ4v) is 5.19. The Labute approximate surface area is 213 Å². The Hall–Kier alpha value is -0.870. The third-order valence-electron chi connectivity index (χ3n) is 6.82. The van der Waals surface area contributed by atoms with Gasteiger partial charge in [-0.15, -0.1) is 0 Å². The molecule has 0 unspecified atom stereocenters. The van der Waals surface area contributed by atoms with Crippen molar-refractivity contribution in [2.75, 3.05) is 35.6 Å². The molecule has 1 fully saturated rings. The number of nitrogens with one attached hydrogen (secondary N) is 1. The van der Waals surface area contributed by atoms with Crippen molar-refractivity contribution in [2.24, 2.45) is 0 Å². The number of unbranched alkanes of at least 4 members (excludes halogenated alkanes) is 15. The lowest BCUT2D eigenvalue weighted by Crippen LogP contribution is -2.21. The zero-order valence-corrected chi connectivity index (χ0v) is 22.6. The van der Waals surface area contributed by atoms with Crippen LogP contribution < -0.4 is 16.0 Å². The highest BCUT2D eigenvalue weighted by Crippen LogP contribution is 2.39. The second kappa shape index (κ2) is 17.5. The highest BCUT2D eigenvalue weighted by atomic mass is 35.5. The quantitative estimate of drug-likeness (QED) is 0.186. The Balaban J connectivity index is 1.46. The number of halogens is 2. The van der Waals surface area contributed by atoms with E-state index in [1.54, 1.807) is 0 Å². The van der Waals surface area contributed by atoms with Gasteiger partial charge in [0.25, 0.3) is 0 Å². The second-order valence-electron chi connectivity index (χ2n) is 9.75.